The third kappa shape index (κ3) is 2.92. The van der Waals surface area contributed by atoms with E-state index in [1.165, 1.54) is 0 Å². The highest BCUT2D eigenvalue weighted by Crippen LogP contribution is 2.27. The second kappa shape index (κ2) is 5.13. The van der Waals surface area contributed by atoms with E-state index >= 15 is 0 Å². The van der Waals surface area contributed by atoms with E-state index in [-0.39, 0.29) is 6.04 Å². The molecule has 1 aromatic carbocycles. The molecule has 2 unspecified atom stereocenters. The van der Waals surface area contributed by atoms with Gasteiger partial charge in [0.15, 0.2) is 17.5 Å². The maximum absolute atomic E-state index is 13.5. The summed E-state index contributed by atoms with van der Waals surface area (Å²) < 4.78 is 65.5. The van der Waals surface area contributed by atoms with Gasteiger partial charge in [0.1, 0.15) is 4.90 Å². The van der Waals surface area contributed by atoms with E-state index in [9.17, 15) is 21.6 Å². The second-order valence-corrected chi connectivity index (χ2v) is 6.59. The van der Waals surface area contributed by atoms with E-state index in [0.717, 1.165) is 12.5 Å². The molecular weight excluding hydrogens is 279 g/mol. The van der Waals surface area contributed by atoms with Gasteiger partial charge in [0.05, 0.1) is 0 Å². The van der Waals surface area contributed by atoms with Crippen LogP contribution in [-0.4, -0.2) is 14.5 Å². The Balaban J connectivity index is 2.27. The summed E-state index contributed by atoms with van der Waals surface area (Å²) >= 11 is 0. The van der Waals surface area contributed by atoms with Crippen LogP contribution in [0.15, 0.2) is 17.0 Å². The molecule has 0 aliphatic heterocycles. The summed E-state index contributed by atoms with van der Waals surface area (Å²) in [6, 6.07) is 1.05. The fourth-order valence-electron chi connectivity index (χ4n) is 2.31. The minimum absolute atomic E-state index is 0.285. The van der Waals surface area contributed by atoms with Crippen LogP contribution in [0, 0.1) is 23.4 Å². The molecular formula is C12H14F3NO2S. The molecule has 0 amide bonds. The maximum Gasteiger partial charge on any atom is 0.243 e. The van der Waals surface area contributed by atoms with Gasteiger partial charge in [-0.3, -0.25) is 0 Å². The first-order valence-corrected chi connectivity index (χ1v) is 7.45. The highest BCUT2D eigenvalue weighted by Gasteiger charge is 2.29. The molecule has 106 valence electrons. The van der Waals surface area contributed by atoms with Crippen LogP contribution < -0.4 is 4.72 Å². The zero-order valence-electron chi connectivity index (χ0n) is 10.3. The average Bonchev–Trinajstić information content (AvgIpc) is 2.70. The summed E-state index contributed by atoms with van der Waals surface area (Å²) in [4.78, 5) is -0.856. The first-order chi connectivity index (χ1) is 8.81. The van der Waals surface area contributed by atoms with Crippen LogP contribution in [0.1, 0.15) is 26.2 Å². The van der Waals surface area contributed by atoms with Crippen LogP contribution in [-0.2, 0) is 10.0 Å². The Kier molecular flexibility index (Phi) is 3.87. The van der Waals surface area contributed by atoms with Crippen LogP contribution in [0.2, 0.25) is 0 Å². The first kappa shape index (κ1) is 14.3. The molecule has 1 saturated carbocycles. The van der Waals surface area contributed by atoms with Gasteiger partial charge >= 0.3 is 0 Å². The summed E-state index contributed by atoms with van der Waals surface area (Å²) in [7, 11) is -4.17. The van der Waals surface area contributed by atoms with Crippen molar-refractivity contribution in [2.24, 2.45) is 5.92 Å². The summed E-state index contributed by atoms with van der Waals surface area (Å²) in [5.41, 5.74) is 0. The van der Waals surface area contributed by atoms with Crippen molar-refractivity contribution in [3.8, 4) is 0 Å². The van der Waals surface area contributed by atoms with Gasteiger partial charge in [-0.25, -0.2) is 26.3 Å². The third-order valence-corrected chi connectivity index (χ3v) is 4.84. The quantitative estimate of drug-likeness (QED) is 0.871. The molecule has 3 nitrogen and oxygen atoms in total. The van der Waals surface area contributed by atoms with Gasteiger partial charge in [-0.05, 0) is 37.3 Å². The van der Waals surface area contributed by atoms with Gasteiger partial charge in [-0.2, -0.15) is 0 Å². The molecule has 1 N–H and O–H groups in total. The van der Waals surface area contributed by atoms with Crippen molar-refractivity contribution in [1.29, 1.82) is 0 Å². The molecule has 0 saturated heterocycles. The number of nitrogens with one attached hydrogen (secondary N) is 1. The van der Waals surface area contributed by atoms with Gasteiger partial charge in [0, 0.05) is 6.04 Å². The number of benzene rings is 1. The summed E-state index contributed by atoms with van der Waals surface area (Å²) in [6.07, 6.45) is 2.20. The van der Waals surface area contributed by atoms with E-state index < -0.39 is 32.4 Å². The van der Waals surface area contributed by atoms with Crippen molar-refractivity contribution in [2.75, 3.05) is 0 Å². The smallest absolute Gasteiger partial charge is 0.208 e. The highest BCUT2D eigenvalue weighted by atomic mass is 32.2. The average molecular weight is 293 g/mol. The van der Waals surface area contributed by atoms with Crippen molar-refractivity contribution in [3.63, 3.8) is 0 Å². The van der Waals surface area contributed by atoms with Crippen molar-refractivity contribution < 1.29 is 21.6 Å². The van der Waals surface area contributed by atoms with E-state index in [2.05, 4.69) is 4.72 Å². The molecule has 0 spiro atoms. The summed E-state index contributed by atoms with van der Waals surface area (Å²) in [5.74, 6) is -4.48. The molecule has 1 aromatic rings. The Morgan fingerprint density at radius 3 is 2.42 bits per heavy atom. The molecule has 2 atom stereocenters. The molecule has 0 radical (unpaired) electrons. The Hall–Kier alpha value is -1.08. The molecule has 0 bridgehead atoms. The molecule has 1 fully saturated rings. The zero-order chi connectivity index (χ0) is 14.2. The molecule has 1 aliphatic rings. The van der Waals surface area contributed by atoms with Gasteiger partial charge < -0.3 is 0 Å². The molecule has 7 heteroatoms. The fourth-order valence-corrected chi connectivity index (χ4v) is 3.67. The minimum Gasteiger partial charge on any atom is -0.208 e. The van der Waals surface area contributed by atoms with Gasteiger partial charge in [0.2, 0.25) is 10.0 Å². The molecule has 2 rings (SSSR count). The lowest BCUT2D eigenvalue weighted by molar-refractivity contribution is 0.431. The molecule has 0 aromatic heterocycles. The van der Waals surface area contributed by atoms with Crippen LogP contribution >= 0.6 is 0 Å². The highest BCUT2D eigenvalue weighted by molar-refractivity contribution is 7.89. The Bertz CT molecular complexity index is 589. The second-order valence-electron chi connectivity index (χ2n) is 4.91. The lowest BCUT2D eigenvalue weighted by atomic mass is 10.1. The predicted octanol–water partition coefficient (Wildman–Crippen LogP) is 2.57. The molecule has 1 aliphatic carbocycles. The Morgan fingerprint density at radius 1 is 1.16 bits per heavy atom. The van der Waals surface area contributed by atoms with Crippen LogP contribution in [0.25, 0.3) is 0 Å². The number of hydrogen-bond acceptors (Lipinski definition) is 2. The van der Waals surface area contributed by atoms with Crippen LogP contribution in [0.5, 0.6) is 0 Å². The number of halogens is 3. The Labute approximate surface area is 109 Å². The topological polar surface area (TPSA) is 46.2 Å². The number of sulfonamides is 1. The molecule has 19 heavy (non-hydrogen) atoms. The maximum atomic E-state index is 13.5. The van der Waals surface area contributed by atoms with Crippen molar-refractivity contribution in [2.45, 2.75) is 37.1 Å². The third-order valence-electron chi connectivity index (χ3n) is 3.31. The normalized spacial score (nSPS) is 23.8. The standard InChI is InChI=1S/C12H14F3NO2S/c1-7-2-3-8(6-7)16-19(17,18)10-5-4-9(13)11(14)12(10)15/h4-5,7-8,16H,2-3,6H2,1H3. The SMILES string of the molecule is CC1CCC(NS(=O)(=O)c2ccc(F)c(F)c2F)C1. The summed E-state index contributed by atoms with van der Waals surface area (Å²) in [5, 5.41) is 0. The number of hydrogen-bond donors (Lipinski definition) is 1. The number of rotatable bonds is 3. The lowest BCUT2D eigenvalue weighted by Crippen LogP contribution is -2.33. The van der Waals surface area contributed by atoms with Crippen LogP contribution in [0.3, 0.4) is 0 Å². The monoisotopic (exact) mass is 293 g/mol. The van der Waals surface area contributed by atoms with E-state index in [0.29, 0.717) is 24.8 Å². The summed E-state index contributed by atoms with van der Waals surface area (Å²) in [6.45, 7) is 1.99. The zero-order valence-corrected chi connectivity index (χ0v) is 11.1. The predicted molar refractivity (Wildman–Crippen MR) is 63.4 cm³/mol. The van der Waals surface area contributed by atoms with Crippen molar-refractivity contribution >= 4 is 10.0 Å². The van der Waals surface area contributed by atoms with Crippen molar-refractivity contribution in [3.05, 3.63) is 29.6 Å². The van der Waals surface area contributed by atoms with Crippen LogP contribution in [0.4, 0.5) is 13.2 Å². The van der Waals surface area contributed by atoms with Gasteiger partial charge in [0.25, 0.3) is 0 Å². The molecule has 0 heterocycles. The van der Waals surface area contributed by atoms with Crippen molar-refractivity contribution in [1.82, 2.24) is 4.72 Å². The van der Waals surface area contributed by atoms with E-state index in [1.807, 2.05) is 6.92 Å². The fraction of sp³-hybridized carbons (Fsp3) is 0.500. The minimum atomic E-state index is -4.17. The van der Waals surface area contributed by atoms with Gasteiger partial charge in [-0.15, -0.1) is 0 Å². The van der Waals surface area contributed by atoms with Gasteiger partial charge in [-0.1, -0.05) is 6.92 Å². The Morgan fingerprint density at radius 2 is 1.84 bits per heavy atom. The first-order valence-electron chi connectivity index (χ1n) is 5.97. The lowest BCUT2D eigenvalue weighted by Gasteiger charge is -2.13. The van der Waals surface area contributed by atoms with E-state index in [4.69, 9.17) is 0 Å². The largest absolute Gasteiger partial charge is 0.243 e. The van der Waals surface area contributed by atoms with E-state index in [1.54, 1.807) is 0 Å².